The van der Waals surface area contributed by atoms with Crippen LogP contribution in [0.5, 0.6) is 0 Å². The summed E-state index contributed by atoms with van der Waals surface area (Å²) in [6.07, 6.45) is 9.63. The molecule has 4 rings (SSSR count). The van der Waals surface area contributed by atoms with Gasteiger partial charge in [0, 0.05) is 38.6 Å². The Balaban J connectivity index is 0.00000204. The summed E-state index contributed by atoms with van der Waals surface area (Å²) in [6.45, 7) is 2.14. The van der Waals surface area contributed by atoms with Gasteiger partial charge in [-0.15, -0.1) is 0 Å². The lowest BCUT2D eigenvalue weighted by atomic mass is 9.93. The Morgan fingerprint density at radius 2 is 1.88 bits per heavy atom. The Labute approximate surface area is 191 Å². The van der Waals surface area contributed by atoms with Crippen molar-refractivity contribution in [2.45, 2.75) is 44.6 Å². The number of carbonyl (C=O) groups excluding carboxylic acids is 2. The summed E-state index contributed by atoms with van der Waals surface area (Å²) in [7, 11) is 1.60. The van der Waals surface area contributed by atoms with Crippen LogP contribution in [0.2, 0.25) is 0 Å². The van der Waals surface area contributed by atoms with Crippen molar-refractivity contribution < 1.29 is 16.8 Å². The van der Waals surface area contributed by atoms with Crippen molar-refractivity contribution >= 4 is 17.4 Å². The van der Waals surface area contributed by atoms with E-state index in [-0.39, 0.29) is 32.4 Å². The minimum absolute atomic E-state index is 0. The van der Waals surface area contributed by atoms with E-state index < -0.39 is 0 Å². The average Bonchev–Trinajstić information content (AvgIpc) is 3.05. The van der Waals surface area contributed by atoms with Gasteiger partial charge in [-0.3, -0.25) is 9.59 Å². The maximum Gasteiger partial charge on any atom is 0.251 e. The van der Waals surface area contributed by atoms with Crippen molar-refractivity contribution in [3.8, 4) is 0 Å². The zero-order valence-corrected chi connectivity index (χ0v) is 18.5. The van der Waals surface area contributed by atoms with Crippen LogP contribution in [0.15, 0.2) is 60.7 Å². The third-order valence-electron chi connectivity index (χ3n) is 6.55. The summed E-state index contributed by atoms with van der Waals surface area (Å²) in [4.78, 5) is 25.0. The topological polar surface area (TPSA) is 58.2 Å². The molecule has 0 aliphatic heterocycles. The smallest absolute Gasteiger partial charge is 0.251 e. The molecule has 2 aliphatic rings. The molecule has 0 fully saturated rings. The van der Waals surface area contributed by atoms with Gasteiger partial charge in [0.05, 0.1) is 0 Å². The molecule has 2 aliphatic carbocycles. The average molecular weight is 437 g/mol. The molecule has 3 atom stereocenters. The molecule has 2 N–H and O–H groups in total. The van der Waals surface area contributed by atoms with E-state index in [1.807, 2.05) is 24.3 Å². The highest BCUT2D eigenvalue weighted by atomic mass is 19.1. The summed E-state index contributed by atoms with van der Waals surface area (Å²) in [6, 6.07) is 12.5. The molecule has 0 spiro atoms. The molecule has 0 saturated carbocycles. The number of nitrogens with one attached hydrogen (secondary N) is 2. The van der Waals surface area contributed by atoms with E-state index in [0.29, 0.717) is 29.0 Å². The fraction of sp³-hybridized carbons (Fsp3) is 0.333. The lowest BCUT2D eigenvalue weighted by molar-refractivity contribution is -0.116. The van der Waals surface area contributed by atoms with Gasteiger partial charge in [0.25, 0.3) is 11.8 Å². The van der Waals surface area contributed by atoms with E-state index in [0.717, 1.165) is 30.4 Å². The minimum Gasteiger partial charge on any atom is -0.355 e. The van der Waals surface area contributed by atoms with Crippen molar-refractivity contribution in [1.82, 2.24) is 10.6 Å². The van der Waals surface area contributed by atoms with Crippen LogP contribution in [-0.2, 0) is 11.2 Å². The monoisotopic (exact) mass is 436 g/mol. The number of hydrogen-bond donors (Lipinski definition) is 2. The molecule has 32 heavy (non-hydrogen) atoms. The molecule has 2 aromatic rings. The molecule has 4 nitrogen and oxygen atoms in total. The normalized spacial score (nSPS) is 22.0. The highest BCUT2D eigenvalue weighted by Gasteiger charge is 2.31. The predicted octanol–water partition coefficient (Wildman–Crippen LogP) is 5.26. The standard InChI is InChI=1S/C27H29FN2O2.2H2/c1-17-7-4-3-5-10-24(17)30-27(32)22-16-20(21-8-6-9-23(28)25(21)22)15-18-11-13-19(14-12-18)26(31)29-2;;/h3-4,6,8-9,11-14,16-17,20,24H,5,7,10,15H2,1-2H3,(H,29,31)(H,30,32);2*1H. The number of amides is 2. The maximum absolute atomic E-state index is 14.8. The second-order valence-corrected chi connectivity index (χ2v) is 8.71. The first kappa shape index (κ1) is 22.0. The first-order valence-corrected chi connectivity index (χ1v) is 11.3. The van der Waals surface area contributed by atoms with Crippen LogP contribution in [0, 0.1) is 11.7 Å². The van der Waals surface area contributed by atoms with E-state index in [4.69, 9.17) is 0 Å². The minimum atomic E-state index is -0.364. The molecule has 0 saturated heterocycles. The summed E-state index contributed by atoms with van der Waals surface area (Å²) < 4.78 is 14.8. The number of hydrogen-bond acceptors (Lipinski definition) is 2. The molecule has 3 unspecified atom stereocenters. The van der Waals surface area contributed by atoms with Gasteiger partial charge in [-0.1, -0.05) is 49.4 Å². The molecular formula is C27H33FN2O2. The van der Waals surface area contributed by atoms with Gasteiger partial charge < -0.3 is 10.6 Å². The Morgan fingerprint density at radius 1 is 1.09 bits per heavy atom. The summed E-state index contributed by atoms with van der Waals surface area (Å²) in [5.74, 6) is -0.453. The van der Waals surface area contributed by atoms with Gasteiger partial charge in [0.15, 0.2) is 0 Å². The third-order valence-corrected chi connectivity index (χ3v) is 6.55. The number of fused-ring (bicyclic) bond motifs is 1. The molecule has 0 bridgehead atoms. The fourth-order valence-corrected chi connectivity index (χ4v) is 4.67. The summed E-state index contributed by atoms with van der Waals surface area (Å²) >= 11 is 0. The second-order valence-electron chi connectivity index (χ2n) is 8.71. The van der Waals surface area contributed by atoms with Crippen LogP contribution in [0.4, 0.5) is 4.39 Å². The van der Waals surface area contributed by atoms with E-state index >= 15 is 0 Å². The van der Waals surface area contributed by atoms with Crippen molar-refractivity contribution in [2.24, 2.45) is 5.92 Å². The third kappa shape index (κ3) is 4.52. The van der Waals surface area contributed by atoms with Crippen molar-refractivity contribution in [3.05, 3.63) is 88.8 Å². The van der Waals surface area contributed by atoms with Crippen LogP contribution in [0.3, 0.4) is 0 Å². The summed E-state index contributed by atoms with van der Waals surface area (Å²) in [5, 5.41) is 5.78. The first-order chi connectivity index (χ1) is 15.5. The van der Waals surface area contributed by atoms with Crippen LogP contribution in [0.1, 0.15) is 62.0 Å². The molecule has 170 valence electrons. The molecule has 2 aromatic carbocycles. The molecule has 0 radical (unpaired) electrons. The van der Waals surface area contributed by atoms with Gasteiger partial charge >= 0.3 is 0 Å². The predicted molar refractivity (Wildman–Crippen MR) is 129 cm³/mol. The van der Waals surface area contributed by atoms with Crippen molar-refractivity contribution in [3.63, 3.8) is 0 Å². The van der Waals surface area contributed by atoms with Crippen LogP contribution in [-0.4, -0.2) is 24.9 Å². The molecule has 2 amide bonds. The number of benzene rings is 2. The van der Waals surface area contributed by atoms with Gasteiger partial charge in [0.2, 0.25) is 0 Å². The SMILES string of the molecule is CNC(=O)c1ccc(CC2C=C(C(=O)NC3CCC=CCC3C)c3c(F)cccc32)cc1.[HH].[HH]. The molecule has 0 aromatic heterocycles. The highest BCUT2D eigenvalue weighted by Crippen LogP contribution is 2.39. The summed E-state index contributed by atoms with van der Waals surface area (Å²) in [5.41, 5.74) is 3.29. The lowest BCUT2D eigenvalue weighted by Gasteiger charge is -2.23. The molecule has 5 heteroatoms. The zero-order valence-electron chi connectivity index (χ0n) is 18.5. The Morgan fingerprint density at radius 3 is 2.62 bits per heavy atom. The Bertz CT molecular complexity index is 1080. The Kier molecular flexibility index (Phi) is 6.54. The van der Waals surface area contributed by atoms with Gasteiger partial charge in [-0.05, 0) is 60.9 Å². The number of rotatable bonds is 5. The van der Waals surface area contributed by atoms with E-state index in [9.17, 15) is 14.0 Å². The van der Waals surface area contributed by atoms with Crippen LogP contribution in [0.25, 0.3) is 5.57 Å². The number of carbonyl (C=O) groups is 2. The Hall–Kier alpha value is -3.21. The van der Waals surface area contributed by atoms with Crippen LogP contribution < -0.4 is 10.6 Å². The van der Waals surface area contributed by atoms with Crippen LogP contribution >= 0.6 is 0 Å². The maximum atomic E-state index is 14.8. The van der Waals surface area contributed by atoms with Gasteiger partial charge in [-0.2, -0.15) is 0 Å². The number of allylic oxidation sites excluding steroid dienone is 3. The largest absolute Gasteiger partial charge is 0.355 e. The first-order valence-electron chi connectivity index (χ1n) is 11.3. The quantitative estimate of drug-likeness (QED) is 0.628. The molecule has 0 heterocycles. The van der Waals surface area contributed by atoms with Gasteiger partial charge in [0.1, 0.15) is 5.82 Å². The zero-order chi connectivity index (χ0) is 22.7. The van der Waals surface area contributed by atoms with Crippen molar-refractivity contribution in [1.29, 1.82) is 0 Å². The van der Waals surface area contributed by atoms with E-state index in [1.165, 1.54) is 6.07 Å². The fourth-order valence-electron chi connectivity index (χ4n) is 4.67. The highest BCUT2D eigenvalue weighted by molar-refractivity contribution is 6.21. The van der Waals surface area contributed by atoms with E-state index in [1.54, 1.807) is 25.2 Å². The molecular weight excluding hydrogens is 403 g/mol. The number of halogens is 1. The second kappa shape index (κ2) is 9.51. The van der Waals surface area contributed by atoms with Crippen molar-refractivity contribution in [2.75, 3.05) is 7.05 Å². The van der Waals surface area contributed by atoms with Gasteiger partial charge in [-0.25, -0.2) is 4.39 Å². The van der Waals surface area contributed by atoms with E-state index in [2.05, 4.69) is 29.7 Å². The lowest BCUT2D eigenvalue weighted by Crippen LogP contribution is -2.39.